The molecule has 1 amide bonds. The van der Waals surface area contributed by atoms with Gasteiger partial charge in [-0.25, -0.2) is 14.8 Å². The molecule has 0 radical (unpaired) electrons. The van der Waals surface area contributed by atoms with Crippen LogP contribution >= 0.6 is 0 Å². The first-order valence-electron chi connectivity index (χ1n) is 8.45. The van der Waals surface area contributed by atoms with Crippen LogP contribution in [0.1, 0.15) is 39.4 Å². The summed E-state index contributed by atoms with van der Waals surface area (Å²) >= 11 is 0. The first-order valence-corrected chi connectivity index (χ1v) is 8.45. The minimum absolute atomic E-state index is 0.0286. The molecule has 2 unspecified atom stereocenters. The number of anilines is 1. The number of nitrogens with zero attached hydrogens (tertiary/aromatic N) is 3. The second kappa shape index (κ2) is 6.83. The standard InChI is InChI=1S/C17H25N3O3/c1-11(2)13-10-23-17(21)20(13)16-6-7-18-15(19-16)9-12(3)14-5-4-8-22-14/h6-7,11-14H,4-5,8-10H2,1-3H3/t12?,13-,14?/m1/s1. The quantitative estimate of drug-likeness (QED) is 0.835. The van der Waals surface area contributed by atoms with E-state index in [1.165, 1.54) is 0 Å². The fourth-order valence-electron chi connectivity index (χ4n) is 3.28. The average molecular weight is 319 g/mol. The van der Waals surface area contributed by atoms with Crippen molar-refractivity contribution in [2.45, 2.75) is 52.2 Å². The molecule has 0 saturated carbocycles. The summed E-state index contributed by atoms with van der Waals surface area (Å²) in [5.74, 6) is 2.08. The molecule has 3 heterocycles. The Labute approximate surface area is 137 Å². The molecule has 3 atom stereocenters. The summed E-state index contributed by atoms with van der Waals surface area (Å²) in [5, 5.41) is 0. The summed E-state index contributed by atoms with van der Waals surface area (Å²) in [6.45, 7) is 7.61. The van der Waals surface area contributed by atoms with Gasteiger partial charge in [0.25, 0.3) is 0 Å². The van der Waals surface area contributed by atoms with Crippen LogP contribution in [0.2, 0.25) is 0 Å². The molecule has 2 fully saturated rings. The number of hydrogen-bond donors (Lipinski definition) is 0. The van der Waals surface area contributed by atoms with Crippen molar-refractivity contribution in [3.8, 4) is 0 Å². The third kappa shape index (κ3) is 3.47. The van der Waals surface area contributed by atoms with Gasteiger partial charge in [0, 0.05) is 19.2 Å². The predicted molar refractivity (Wildman–Crippen MR) is 86.3 cm³/mol. The van der Waals surface area contributed by atoms with Crippen molar-refractivity contribution in [2.75, 3.05) is 18.1 Å². The van der Waals surface area contributed by atoms with E-state index in [1.807, 2.05) is 0 Å². The SMILES string of the molecule is CC(Cc1nccc(N2C(=O)OC[C@@H]2C(C)C)n1)C1CCCO1. The molecular formula is C17H25N3O3. The van der Waals surface area contributed by atoms with Crippen molar-refractivity contribution in [3.05, 3.63) is 18.1 Å². The molecule has 3 rings (SSSR count). The molecule has 2 aliphatic heterocycles. The Balaban J connectivity index is 1.75. The second-order valence-electron chi connectivity index (χ2n) is 6.82. The molecule has 1 aromatic heterocycles. The number of ether oxygens (including phenoxy) is 2. The number of cyclic esters (lactones) is 1. The predicted octanol–water partition coefficient (Wildman–Crippen LogP) is 2.82. The number of carbonyl (C=O) groups excluding carboxylic acids is 1. The molecule has 0 aliphatic carbocycles. The van der Waals surface area contributed by atoms with E-state index >= 15 is 0 Å². The van der Waals surface area contributed by atoms with Crippen molar-refractivity contribution in [2.24, 2.45) is 11.8 Å². The maximum Gasteiger partial charge on any atom is 0.415 e. The van der Waals surface area contributed by atoms with E-state index in [9.17, 15) is 4.79 Å². The lowest BCUT2D eigenvalue weighted by Gasteiger charge is -2.24. The highest BCUT2D eigenvalue weighted by molar-refractivity contribution is 5.89. The van der Waals surface area contributed by atoms with Gasteiger partial charge >= 0.3 is 6.09 Å². The summed E-state index contributed by atoms with van der Waals surface area (Å²) in [5.41, 5.74) is 0. The Kier molecular flexibility index (Phi) is 4.80. The van der Waals surface area contributed by atoms with Crippen LogP contribution in [0.3, 0.4) is 0 Å². The molecule has 0 aromatic carbocycles. The smallest absolute Gasteiger partial charge is 0.415 e. The van der Waals surface area contributed by atoms with E-state index in [0.717, 1.165) is 31.7 Å². The molecular weight excluding hydrogens is 294 g/mol. The molecule has 2 aliphatic rings. The number of aromatic nitrogens is 2. The van der Waals surface area contributed by atoms with Crippen molar-refractivity contribution < 1.29 is 14.3 Å². The Morgan fingerprint density at radius 3 is 2.91 bits per heavy atom. The summed E-state index contributed by atoms with van der Waals surface area (Å²) in [6, 6.07) is 1.81. The Morgan fingerprint density at radius 1 is 1.39 bits per heavy atom. The van der Waals surface area contributed by atoms with Gasteiger partial charge in [-0.2, -0.15) is 0 Å². The lowest BCUT2D eigenvalue weighted by Crippen LogP contribution is -2.38. The van der Waals surface area contributed by atoms with E-state index in [-0.39, 0.29) is 12.1 Å². The van der Waals surface area contributed by atoms with Gasteiger partial charge in [0.05, 0.1) is 12.1 Å². The second-order valence-corrected chi connectivity index (χ2v) is 6.82. The zero-order valence-corrected chi connectivity index (χ0v) is 14.1. The summed E-state index contributed by atoms with van der Waals surface area (Å²) < 4.78 is 10.9. The molecule has 6 nitrogen and oxygen atoms in total. The number of rotatable bonds is 5. The highest BCUT2D eigenvalue weighted by atomic mass is 16.6. The lowest BCUT2D eigenvalue weighted by molar-refractivity contribution is 0.0688. The highest BCUT2D eigenvalue weighted by Gasteiger charge is 2.37. The fourth-order valence-corrected chi connectivity index (χ4v) is 3.28. The Hall–Kier alpha value is -1.69. The molecule has 0 spiro atoms. The Bertz CT molecular complexity index is 558. The molecule has 0 bridgehead atoms. The minimum atomic E-state index is -0.319. The van der Waals surface area contributed by atoms with Gasteiger partial charge in [0.15, 0.2) is 0 Å². The normalized spacial score (nSPS) is 25.9. The average Bonchev–Trinajstić information content (AvgIpc) is 3.16. The molecule has 1 aromatic rings. The van der Waals surface area contributed by atoms with Crippen LogP contribution in [-0.2, 0) is 15.9 Å². The maximum atomic E-state index is 12.1. The van der Waals surface area contributed by atoms with Crippen molar-refractivity contribution in [3.63, 3.8) is 0 Å². The van der Waals surface area contributed by atoms with Crippen LogP contribution in [0.4, 0.5) is 10.6 Å². The monoisotopic (exact) mass is 319 g/mol. The maximum absolute atomic E-state index is 12.1. The van der Waals surface area contributed by atoms with Gasteiger partial charge in [-0.15, -0.1) is 0 Å². The van der Waals surface area contributed by atoms with Crippen LogP contribution in [-0.4, -0.2) is 41.4 Å². The minimum Gasteiger partial charge on any atom is -0.447 e. The van der Waals surface area contributed by atoms with Crippen LogP contribution in [0.5, 0.6) is 0 Å². The third-order valence-corrected chi connectivity index (χ3v) is 4.72. The van der Waals surface area contributed by atoms with E-state index in [2.05, 4.69) is 30.7 Å². The molecule has 2 saturated heterocycles. The Morgan fingerprint density at radius 2 is 2.22 bits per heavy atom. The van der Waals surface area contributed by atoms with E-state index in [4.69, 9.17) is 9.47 Å². The first kappa shape index (κ1) is 16.2. The van der Waals surface area contributed by atoms with Crippen LogP contribution in [0, 0.1) is 11.8 Å². The van der Waals surface area contributed by atoms with Crippen LogP contribution in [0.15, 0.2) is 12.3 Å². The van der Waals surface area contributed by atoms with Gasteiger partial charge in [-0.3, -0.25) is 4.90 Å². The summed E-state index contributed by atoms with van der Waals surface area (Å²) in [4.78, 5) is 22.7. The van der Waals surface area contributed by atoms with Crippen molar-refractivity contribution >= 4 is 11.9 Å². The van der Waals surface area contributed by atoms with Crippen molar-refractivity contribution in [1.29, 1.82) is 0 Å². The highest BCUT2D eigenvalue weighted by Crippen LogP contribution is 2.26. The van der Waals surface area contributed by atoms with Gasteiger partial charge in [-0.05, 0) is 30.7 Å². The zero-order chi connectivity index (χ0) is 16.4. The van der Waals surface area contributed by atoms with E-state index in [0.29, 0.717) is 30.4 Å². The molecule has 0 N–H and O–H groups in total. The van der Waals surface area contributed by atoms with E-state index in [1.54, 1.807) is 17.2 Å². The fraction of sp³-hybridized carbons (Fsp3) is 0.706. The molecule has 126 valence electrons. The molecule has 23 heavy (non-hydrogen) atoms. The number of carbonyl (C=O) groups is 1. The number of hydrogen-bond acceptors (Lipinski definition) is 5. The third-order valence-electron chi connectivity index (χ3n) is 4.72. The summed E-state index contributed by atoms with van der Waals surface area (Å²) in [6.07, 6.45) is 4.69. The van der Waals surface area contributed by atoms with Gasteiger partial charge in [0.2, 0.25) is 0 Å². The van der Waals surface area contributed by atoms with Gasteiger partial charge in [0.1, 0.15) is 18.2 Å². The zero-order valence-electron chi connectivity index (χ0n) is 14.1. The topological polar surface area (TPSA) is 64.6 Å². The first-order chi connectivity index (χ1) is 11.1. The largest absolute Gasteiger partial charge is 0.447 e. The summed E-state index contributed by atoms with van der Waals surface area (Å²) in [7, 11) is 0. The number of amides is 1. The van der Waals surface area contributed by atoms with Gasteiger partial charge < -0.3 is 9.47 Å². The lowest BCUT2D eigenvalue weighted by atomic mass is 9.98. The van der Waals surface area contributed by atoms with E-state index < -0.39 is 0 Å². The van der Waals surface area contributed by atoms with Crippen LogP contribution in [0.25, 0.3) is 0 Å². The molecule has 6 heteroatoms. The van der Waals surface area contributed by atoms with Gasteiger partial charge in [-0.1, -0.05) is 20.8 Å². The van der Waals surface area contributed by atoms with Crippen LogP contribution < -0.4 is 4.90 Å². The van der Waals surface area contributed by atoms with Crippen molar-refractivity contribution in [1.82, 2.24) is 9.97 Å².